The van der Waals surface area contributed by atoms with Crippen LogP contribution in [0.25, 0.3) is 0 Å². The van der Waals surface area contributed by atoms with E-state index in [1.165, 1.54) is 24.3 Å². The van der Waals surface area contributed by atoms with Crippen molar-refractivity contribution in [2.45, 2.75) is 79.1 Å². The van der Waals surface area contributed by atoms with Gasteiger partial charge in [-0.05, 0) is 146 Å². The van der Waals surface area contributed by atoms with E-state index in [4.69, 9.17) is 0 Å². The topological polar surface area (TPSA) is 162 Å². The molecule has 1 aliphatic rings. The van der Waals surface area contributed by atoms with Crippen LogP contribution in [0.15, 0.2) is 121 Å². The van der Waals surface area contributed by atoms with Crippen LogP contribution in [0.4, 0.5) is 0 Å². The lowest BCUT2D eigenvalue weighted by Crippen LogP contribution is -2.13. The fourth-order valence-electron chi connectivity index (χ4n) is 10.2. The second kappa shape index (κ2) is 17.1. The van der Waals surface area contributed by atoms with E-state index in [9.17, 15) is 40.9 Å². The van der Waals surface area contributed by atoms with Crippen molar-refractivity contribution >= 4 is 0 Å². The summed E-state index contributed by atoms with van der Waals surface area (Å²) in [5.74, 6) is -5.76. The van der Waals surface area contributed by atoms with E-state index in [2.05, 4.69) is 0 Å². The van der Waals surface area contributed by atoms with E-state index in [0.29, 0.717) is 66.8 Å². The molecule has 0 saturated heterocycles. The molecule has 8 aromatic rings. The second-order valence-electron chi connectivity index (χ2n) is 19.0. The van der Waals surface area contributed by atoms with Gasteiger partial charge in [0.15, 0.2) is 0 Å². The van der Waals surface area contributed by atoms with Crippen LogP contribution < -0.4 is 0 Å². The highest BCUT2D eigenvalue weighted by atomic mass is 16.3. The van der Waals surface area contributed by atoms with Gasteiger partial charge in [-0.3, -0.25) is 0 Å². The lowest BCUT2D eigenvalue weighted by Gasteiger charge is -2.30. The molecule has 8 aromatic carbocycles. The quantitative estimate of drug-likeness (QED) is 0.0866. The summed E-state index contributed by atoms with van der Waals surface area (Å²) < 4.78 is 0. The number of phenols is 8. The third kappa shape index (κ3) is 7.79. The van der Waals surface area contributed by atoms with Gasteiger partial charge in [0.1, 0.15) is 46.0 Å². The molecule has 0 atom stereocenters. The highest BCUT2D eigenvalue weighted by molar-refractivity contribution is 5.68. The first kappa shape index (κ1) is 45.3. The Kier molecular flexibility index (Phi) is 11.4. The summed E-state index contributed by atoms with van der Waals surface area (Å²) in [5, 5.41) is 97.2. The van der Waals surface area contributed by atoms with E-state index < -0.39 is 23.7 Å². The molecule has 8 N–H and O–H groups in total. The maximum Gasteiger partial charge on any atom is 0.123 e. The smallest absolute Gasteiger partial charge is 0.123 e. The summed E-state index contributed by atoms with van der Waals surface area (Å²) >= 11 is 0. The number of hydrogen-bond donors (Lipinski definition) is 8. The lowest BCUT2D eigenvalue weighted by atomic mass is 9.74. The Labute approximate surface area is 397 Å². The third-order valence-corrected chi connectivity index (χ3v) is 14.6. The number of rotatable bonds is 4. The standard InChI is InChI=1S/C60H56O8/c1-29-9-13-37(17-33(29)5)57-41-21-43(51(63)25-49(41)61)58(38-14-10-30(2)34(6)18-38)45-23-47(55(67)27-53(45)65)60(40-16-12-32(4)36(8)20-40)48-24-46(54(66)28-56(48)68)59(39-15-11-31(3)35(7)19-39)44-22-42(57)50(62)26-52(44)64/h9-28,57-68H,1-8H3. The molecule has 9 rings (SSSR count). The Bertz CT molecular complexity index is 2800. The minimum Gasteiger partial charge on any atom is -0.507 e. The van der Waals surface area contributed by atoms with Gasteiger partial charge in [0.05, 0.1) is 0 Å². The molecule has 0 spiro atoms. The molecule has 0 saturated carbocycles. The molecule has 0 aliphatic heterocycles. The molecular formula is C60H56O8. The normalized spacial score (nSPS) is 16.7. The zero-order chi connectivity index (χ0) is 48.6. The summed E-state index contributed by atoms with van der Waals surface area (Å²) in [4.78, 5) is 0. The van der Waals surface area contributed by atoms with Crippen LogP contribution in [0.1, 0.15) is 135 Å². The molecule has 0 fully saturated rings. The van der Waals surface area contributed by atoms with Crippen molar-refractivity contribution in [3.63, 3.8) is 0 Å². The lowest BCUT2D eigenvalue weighted by molar-refractivity contribution is 0.431. The van der Waals surface area contributed by atoms with E-state index in [1.54, 1.807) is 24.3 Å². The Hall–Kier alpha value is -7.84. The van der Waals surface area contributed by atoms with Crippen LogP contribution in [0.5, 0.6) is 46.0 Å². The van der Waals surface area contributed by atoms with Crippen LogP contribution in [0, 0.1) is 55.4 Å². The highest BCUT2D eigenvalue weighted by Crippen LogP contribution is 2.54. The molecule has 8 heteroatoms. The molecular weight excluding hydrogens is 849 g/mol. The summed E-state index contributed by atoms with van der Waals surface area (Å²) in [6.07, 6.45) is 0. The molecule has 0 heterocycles. The maximum atomic E-state index is 12.2. The zero-order valence-electron chi connectivity index (χ0n) is 39.4. The molecule has 68 heavy (non-hydrogen) atoms. The Morgan fingerprint density at radius 2 is 0.368 bits per heavy atom. The van der Waals surface area contributed by atoms with E-state index >= 15 is 0 Å². The first-order valence-electron chi connectivity index (χ1n) is 22.8. The Morgan fingerprint density at radius 1 is 0.206 bits per heavy atom. The van der Waals surface area contributed by atoms with Crippen molar-refractivity contribution in [2.24, 2.45) is 0 Å². The van der Waals surface area contributed by atoms with E-state index in [1.807, 2.05) is 128 Å². The number of aromatic hydroxyl groups is 8. The van der Waals surface area contributed by atoms with Crippen molar-refractivity contribution in [1.82, 2.24) is 0 Å². The summed E-state index contributed by atoms with van der Waals surface area (Å²) in [7, 11) is 0. The number of phenolic OH excluding ortho intramolecular Hbond substituents is 8. The van der Waals surface area contributed by atoms with Crippen LogP contribution in [0.2, 0.25) is 0 Å². The Balaban J connectivity index is 1.50. The zero-order valence-corrected chi connectivity index (χ0v) is 39.4. The average Bonchev–Trinajstić information content (AvgIpc) is 3.27. The summed E-state index contributed by atoms with van der Waals surface area (Å²) in [6, 6.07) is 35.5. The van der Waals surface area contributed by atoms with Gasteiger partial charge in [0.25, 0.3) is 0 Å². The van der Waals surface area contributed by atoms with E-state index in [0.717, 1.165) is 44.5 Å². The maximum absolute atomic E-state index is 12.2. The third-order valence-electron chi connectivity index (χ3n) is 14.6. The number of aryl methyl sites for hydroxylation is 8. The fraction of sp³-hybridized carbons (Fsp3) is 0.200. The monoisotopic (exact) mass is 904 g/mol. The van der Waals surface area contributed by atoms with Gasteiger partial charge in [-0.1, -0.05) is 72.8 Å². The minimum atomic E-state index is -0.913. The molecule has 0 radical (unpaired) electrons. The minimum absolute atomic E-state index is 0.264. The van der Waals surface area contributed by atoms with Crippen molar-refractivity contribution in [2.75, 3.05) is 0 Å². The van der Waals surface area contributed by atoms with Crippen molar-refractivity contribution in [3.8, 4) is 46.0 Å². The predicted octanol–water partition coefficient (Wildman–Crippen LogP) is 12.8. The fourth-order valence-corrected chi connectivity index (χ4v) is 10.2. The molecule has 0 aromatic heterocycles. The van der Waals surface area contributed by atoms with Gasteiger partial charge in [-0.2, -0.15) is 0 Å². The van der Waals surface area contributed by atoms with Gasteiger partial charge < -0.3 is 40.9 Å². The summed E-state index contributed by atoms with van der Waals surface area (Å²) in [6.45, 7) is 15.9. The largest absolute Gasteiger partial charge is 0.507 e. The van der Waals surface area contributed by atoms with Gasteiger partial charge in [0, 0.05) is 92.4 Å². The van der Waals surface area contributed by atoms with Crippen molar-refractivity contribution in [3.05, 3.63) is 233 Å². The average molecular weight is 905 g/mol. The summed E-state index contributed by atoms with van der Waals surface area (Å²) in [5.41, 5.74) is 13.2. The van der Waals surface area contributed by atoms with Gasteiger partial charge >= 0.3 is 0 Å². The molecule has 344 valence electrons. The van der Waals surface area contributed by atoms with Crippen LogP contribution in [-0.2, 0) is 0 Å². The van der Waals surface area contributed by atoms with Gasteiger partial charge in [-0.15, -0.1) is 0 Å². The van der Waals surface area contributed by atoms with E-state index in [-0.39, 0.29) is 46.0 Å². The molecule has 8 bridgehead atoms. The number of benzene rings is 8. The first-order valence-corrected chi connectivity index (χ1v) is 22.8. The number of hydrogen-bond acceptors (Lipinski definition) is 8. The van der Waals surface area contributed by atoms with Gasteiger partial charge in [0.2, 0.25) is 0 Å². The SMILES string of the molecule is Cc1ccc(C2c3cc(c(O)cc3O)C(c3ccc(C)c(C)c3)c3cc(c(O)cc3O)C(c3ccc(C)c(C)c3)c3cc(c(O)cc3O)C(c3ccc(C)c(C)c3)c3cc2c(O)cc3O)cc1C. The van der Waals surface area contributed by atoms with Gasteiger partial charge in [-0.25, -0.2) is 0 Å². The van der Waals surface area contributed by atoms with Crippen LogP contribution in [0.3, 0.4) is 0 Å². The molecule has 0 unspecified atom stereocenters. The Morgan fingerprint density at radius 3 is 0.515 bits per heavy atom. The number of fused-ring (bicyclic) bond motifs is 8. The van der Waals surface area contributed by atoms with Crippen molar-refractivity contribution in [1.29, 1.82) is 0 Å². The first-order chi connectivity index (χ1) is 32.3. The van der Waals surface area contributed by atoms with Crippen LogP contribution >= 0.6 is 0 Å². The molecule has 8 nitrogen and oxygen atoms in total. The molecule has 1 aliphatic carbocycles. The molecule has 0 amide bonds. The highest BCUT2D eigenvalue weighted by Gasteiger charge is 2.35. The second-order valence-corrected chi connectivity index (χ2v) is 19.0. The van der Waals surface area contributed by atoms with Crippen molar-refractivity contribution < 1.29 is 40.9 Å². The van der Waals surface area contributed by atoms with Crippen LogP contribution in [-0.4, -0.2) is 40.9 Å². The predicted molar refractivity (Wildman–Crippen MR) is 267 cm³/mol.